The molecular formula is C14H29NO. The highest BCUT2D eigenvalue weighted by Crippen LogP contribution is 2.38. The van der Waals surface area contributed by atoms with E-state index in [2.05, 4.69) is 33.0 Å². The predicted octanol–water partition coefficient (Wildman–Crippen LogP) is 3.22. The number of ether oxygens (including phenoxy) is 1. The van der Waals surface area contributed by atoms with Crippen molar-refractivity contribution in [1.82, 2.24) is 5.32 Å². The third-order valence-corrected chi connectivity index (χ3v) is 3.90. The maximum absolute atomic E-state index is 5.45. The van der Waals surface area contributed by atoms with Crippen molar-refractivity contribution in [3.05, 3.63) is 0 Å². The van der Waals surface area contributed by atoms with Gasteiger partial charge in [-0.25, -0.2) is 0 Å². The summed E-state index contributed by atoms with van der Waals surface area (Å²) in [4.78, 5) is 0. The lowest BCUT2D eigenvalue weighted by atomic mass is 9.71. The first-order valence-corrected chi connectivity index (χ1v) is 6.87. The highest BCUT2D eigenvalue weighted by molar-refractivity contribution is 4.83. The smallest absolute Gasteiger partial charge is 0.0468 e. The summed E-state index contributed by atoms with van der Waals surface area (Å²) in [7, 11) is 0. The first kappa shape index (κ1) is 14.0. The monoisotopic (exact) mass is 227 g/mol. The van der Waals surface area contributed by atoms with E-state index in [1.54, 1.807) is 0 Å². The molecule has 2 heteroatoms. The minimum Gasteiger partial charge on any atom is -0.381 e. The first-order chi connectivity index (χ1) is 7.56. The van der Waals surface area contributed by atoms with Crippen LogP contribution in [-0.2, 0) is 4.74 Å². The molecule has 2 nitrogen and oxygen atoms in total. The molecule has 0 aromatic rings. The molecular weight excluding hydrogens is 198 g/mol. The Hall–Kier alpha value is -0.0800. The van der Waals surface area contributed by atoms with Crippen molar-refractivity contribution in [3.63, 3.8) is 0 Å². The van der Waals surface area contributed by atoms with Crippen LogP contribution in [0, 0.1) is 11.3 Å². The van der Waals surface area contributed by atoms with Crippen LogP contribution in [-0.4, -0.2) is 25.8 Å². The van der Waals surface area contributed by atoms with Crippen molar-refractivity contribution in [2.75, 3.05) is 19.8 Å². The number of hydrogen-bond acceptors (Lipinski definition) is 2. The second kappa shape index (κ2) is 6.61. The second-order valence-corrected chi connectivity index (χ2v) is 5.93. The van der Waals surface area contributed by atoms with Gasteiger partial charge in [0, 0.05) is 19.3 Å². The van der Waals surface area contributed by atoms with E-state index in [0.29, 0.717) is 11.5 Å². The first-order valence-electron chi connectivity index (χ1n) is 6.87. The molecule has 1 heterocycles. The van der Waals surface area contributed by atoms with Gasteiger partial charge < -0.3 is 10.1 Å². The molecule has 1 N–H and O–H groups in total. The normalized spacial score (nSPS) is 21.0. The van der Waals surface area contributed by atoms with Crippen molar-refractivity contribution in [1.29, 1.82) is 0 Å². The van der Waals surface area contributed by atoms with Gasteiger partial charge in [0.15, 0.2) is 0 Å². The summed E-state index contributed by atoms with van der Waals surface area (Å²) in [5, 5.41) is 3.60. The molecule has 0 saturated carbocycles. The van der Waals surface area contributed by atoms with E-state index in [9.17, 15) is 0 Å². The molecule has 0 aromatic heterocycles. The summed E-state index contributed by atoms with van der Waals surface area (Å²) < 4.78 is 5.45. The summed E-state index contributed by atoms with van der Waals surface area (Å²) in [6.45, 7) is 12.5. The molecule has 1 aliphatic rings. The van der Waals surface area contributed by atoms with Gasteiger partial charge in [0.25, 0.3) is 0 Å². The van der Waals surface area contributed by atoms with Crippen LogP contribution in [0.2, 0.25) is 0 Å². The molecule has 1 unspecified atom stereocenters. The average Bonchev–Trinajstić information content (AvgIpc) is 2.27. The van der Waals surface area contributed by atoms with Gasteiger partial charge in [-0.2, -0.15) is 0 Å². The fourth-order valence-electron chi connectivity index (χ4n) is 2.90. The number of rotatable bonds is 6. The van der Waals surface area contributed by atoms with E-state index >= 15 is 0 Å². The number of hydrogen-bond donors (Lipinski definition) is 1. The van der Waals surface area contributed by atoms with Crippen molar-refractivity contribution in [2.45, 2.75) is 59.4 Å². The van der Waals surface area contributed by atoms with Gasteiger partial charge in [-0.05, 0) is 50.5 Å². The van der Waals surface area contributed by atoms with Gasteiger partial charge in [-0.15, -0.1) is 0 Å². The van der Waals surface area contributed by atoms with Crippen LogP contribution in [0.5, 0.6) is 0 Å². The standard InChI is InChI=1S/C14H29NO/c1-5-8-15-12(2)11-14(3,4)13-6-9-16-10-7-13/h12-13,15H,5-11H2,1-4H3. The fourth-order valence-corrected chi connectivity index (χ4v) is 2.90. The van der Waals surface area contributed by atoms with Crippen molar-refractivity contribution in [2.24, 2.45) is 11.3 Å². The highest BCUT2D eigenvalue weighted by atomic mass is 16.5. The van der Waals surface area contributed by atoms with Gasteiger partial charge in [-0.3, -0.25) is 0 Å². The molecule has 0 aliphatic carbocycles. The molecule has 1 atom stereocenters. The third-order valence-electron chi connectivity index (χ3n) is 3.90. The Labute approximate surface area is 101 Å². The molecule has 1 saturated heterocycles. The van der Waals surface area contributed by atoms with E-state index in [-0.39, 0.29) is 0 Å². The topological polar surface area (TPSA) is 21.3 Å². The summed E-state index contributed by atoms with van der Waals surface area (Å²) in [6, 6.07) is 0.637. The summed E-state index contributed by atoms with van der Waals surface area (Å²) in [5.41, 5.74) is 0.448. The fraction of sp³-hybridized carbons (Fsp3) is 1.00. The summed E-state index contributed by atoms with van der Waals surface area (Å²) in [6.07, 6.45) is 4.99. The van der Waals surface area contributed by atoms with Gasteiger partial charge in [-0.1, -0.05) is 20.8 Å². The number of nitrogens with one attached hydrogen (secondary N) is 1. The van der Waals surface area contributed by atoms with Gasteiger partial charge >= 0.3 is 0 Å². The second-order valence-electron chi connectivity index (χ2n) is 5.93. The molecule has 96 valence electrons. The molecule has 1 aliphatic heterocycles. The Balaban J connectivity index is 2.36. The van der Waals surface area contributed by atoms with Crippen LogP contribution in [0.3, 0.4) is 0 Å². The van der Waals surface area contributed by atoms with Crippen LogP contribution >= 0.6 is 0 Å². The van der Waals surface area contributed by atoms with Crippen LogP contribution in [0.1, 0.15) is 53.4 Å². The average molecular weight is 227 g/mol. The van der Waals surface area contributed by atoms with E-state index in [4.69, 9.17) is 4.74 Å². The summed E-state index contributed by atoms with van der Waals surface area (Å²) >= 11 is 0. The Bertz CT molecular complexity index is 185. The highest BCUT2D eigenvalue weighted by Gasteiger charge is 2.31. The Kier molecular flexibility index (Phi) is 5.77. The predicted molar refractivity (Wildman–Crippen MR) is 69.7 cm³/mol. The lowest BCUT2D eigenvalue weighted by Gasteiger charge is -2.39. The van der Waals surface area contributed by atoms with Crippen molar-refractivity contribution >= 4 is 0 Å². The minimum atomic E-state index is 0.448. The molecule has 0 amide bonds. The van der Waals surface area contributed by atoms with Gasteiger partial charge in [0.1, 0.15) is 0 Å². The molecule has 1 rings (SSSR count). The molecule has 1 fully saturated rings. The Morgan fingerprint density at radius 3 is 2.50 bits per heavy atom. The van der Waals surface area contributed by atoms with Crippen LogP contribution in [0.15, 0.2) is 0 Å². The van der Waals surface area contributed by atoms with E-state index in [1.165, 1.54) is 25.7 Å². The SMILES string of the molecule is CCCNC(C)CC(C)(C)C1CCOCC1. The molecule has 0 aromatic carbocycles. The third kappa shape index (κ3) is 4.42. The Morgan fingerprint density at radius 2 is 1.94 bits per heavy atom. The minimum absolute atomic E-state index is 0.448. The lowest BCUT2D eigenvalue weighted by molar-refractivity contribution is 0.0167. The van der Waals surface area contributed by atoms with Gasteiger partial charge in [0.2, 0.25) is 0 Å². The van der Waals surface area contributed by atoms with E-state index in [0.717, 1.165) is 25.7 Å². The van der Waals surface area contributed by atoms with E-state index < -0.39 is 0 Å². The van der Waals surface area contributed by atoms with Crippen LogP contribution < -0.4 is 5.32 Å². The molecule has 16 heavy (non-hydrogen) atoms. The van der Waals surface area contributed by atoms with Crippen molar-refractivity contribution in [3.8, 4) is 0 Å². The summed E-state index contributed by atoms with van der Waals surface area (Å²) in [5.74, 6) is 0.840. The zero-order chi connectivity index (χ0) is 12.0. The van der Waals surface area contributed by atoms with E-state index in [1.807, 2.05) is 0 Å². The van der Waals surface area contributed by atoms with Gasteiger partial charge in [0.05, 0.1) is 0 Å². The zero-order valence-corrected chi connectivity index (χ0v) is 11.5. The molecule has 0 spiro atoms. The lowest BCUT2D eigenvalue weighted by Crippen LogP contribution is -2.37. The van der Waals surface area contributed by atoms with Crippen LogP contribution in [0.4, 0.5) is 0 Å². The Morgan fingerprint density at radius 1 is 1.31 bits per heavy atom. The quantitative estimate of drug-likeness (QED) is 0.752. The van der Waals surface area contributed by atoms with Crippen molar-refractivity contribution < 1.29 is 4.74 Å². The molecule has 0 radical (unpaired) electrons. The zero-order valence-electron chi connectivity index (χ0n) is 11.5. The largest absolute Gasteiger partial charge is 0.381 e. The maximum atomic E-state index is 5.45. The molecule has 0 bridgehead atoms. The maximum Gasteiger partial charge on any atom is 0.0468 e. The van der Waals surface area contributed by atoms with Crippen LogP contribution in [0.25, 0.3) is 0 Å².